The molecule has 0 fully saturated rings. The summed E-state index contributed by atoms with van der Waals surface area (Å²) in [5.74, 6) is 0.675. The smallest absolute Gasteiger partial charge is 0.269 e. The van der Waals surface area contributed by atoms with Gasteiger partial charge in [0, 0.05) is 28.6 Å². The number of aromatic nitrogens is 2. The predicted octanol–water partition coefficient (Wildman–Crippen LogP) is 6.59. The van der Waals surface area contributed by atoms with E-state index in [1.54, 1.807) is 18.2 Å². The lowest BCUT2D eigenvalue weighted by Crippen LogP contribution is -1.87. The van der Waals surface area contributed by atoms with Crippen LogP contribution in [0.2, 0.25) is 0 Å². The molecular weight excluding hydrogens is 436 g/mol. The standard InChI is InChI=1S/C25H14N4O3S/c26-14-19(25-27-23(15-33-25)17-7-9-20(10-8-17)29(30)31)12-16-6-11-22-21(13-16)24(32-28-22)18-4-2-1-3-5-18/h1-13,15H/b19-12+. The highest BCUT2D eigenvalue weighted by Gasteiger charge is 2.13. The minimum Gasteiger partial charge on any atom is -0.355 e. The van der Waals surface area contributed by atoms with Crippen molar-refractivity contribution in [3.63, 3.8) is 0 Å². The fourth-order valence-corrected chi connectivity index (χ4v) is 4.23. The molecule has 0 saturated carbocycles. The zero-order chi connectivity index (χ0) is 22.8. The van der Waals surface area contributed by atoms with E-state index in [4.69, 9.17) is 4.52 Å². The molecule has 0 radical (unpaired) electrons. The van der Waals surface area contributed by atoms with Crippen LogP contribution in [0.25, 0.3) is 45.1 Å². The Kier molecular flexibility index (Phi) is 5.23. The van der Waals surface area contributed by atoms with Crippen LogP contribution >= 0.6 is 11.3 Å². The first-order valence-corrected chi connectivity index (χ1v) is 10.8. The molecule has 3 aromatic carbocycles. The number of nitro benzene ring substituents is 1. The van der Waals surface area contributed by atoms with Gasteiger partial charge in [-0.25, -0.2) is 4.98 Å². The normalized spacial score (nSPS) is 11.4. The monoisotopic (exact) mass is 450 g/mol. The van der Waals surface area contributed by atoms with Crippen LogP contribution in [0.3, 0.4) is 0 Å². The fourth-order valence-electron chi connectivity index (χ4n) is 3.44. The lowest BCUT2D eigenvalue weighted by molar-refractivity contribution is -0.384. The van der Waals surface area contributed by atoms with Crippen LogP contribution in [-0.2, 0) is 0 Å². The second-order valence-electron chi connectivity index (χ2n) is 7.17. The van der Waals surface area contributed by atoms with E-state index in [2.05, 4.69) is 16.2 Å². The first-order valence-electron chi connectivity index (χ1n) is 9.90. The van der Waals surface area contributed by atoms with Gasteiger partial charge in [0.2, 0.25) is 0 Å². The summed E-state index contributed by atoms with van der Waals surface area (Å²) in [5.41, 5.74) is 4.33. The Bertz CT molecular complexity index is 1540. The van der Waals surface area contributed by atoms with Gasteiger partial charge in [-0.3, -0.25) is 10.1 Å². The van der Waals surface area contributed by atoms with E-state index < -0.39 is 4.92 Å². The summed E-state index contributed by atoms with van der Waals surface area (Å²) in [7, 11) is 0. The van der Waals surface area contributed by atoms with Crippen LogP contribution < -0.4 is 0 Å². The molecule has 0 aliphatic rings. The van der Waals surface area contributed by atoms with Crippen LogP contribution in [0.1, 0.15) is 10.6 Å². The number of allylic oxidation sites excluding steroid dienone is 1. The first kappa shape index (κ1) is 20.3. The van der Waals surface area contributed by atoms with Crippen molar-refractivity contribution >= 4 is 39.6 Å². The Morgan fingerprint density at radius 3 is 2.58 bits per heavy atom. The van der Waals surface area contributed by atoms with Gasteiger partial charge in [0.15, 0.2) is 5.76 Å². The van der Waals surface area contributed by atoms with Crippen LogP contribution in [0.4, 0.5) is 5.69 Å². The minimum atomic E-state index is -0.442. The van der Waals surface area contributed by atoms with Gasteiger partial charge in [-0.2, -0.15) is 5.26 Å². The summed E-state index contributed by atoms with van der Waals surface area (Å²) >= 11 is 1.35. The van der Waals surface area contributed by atoms with Crippen LogP contribution in [0, 0.1) is 21.4 Å². The SMILES string of the molecule is N#C/C(=C\c1ccc2noc(-c3ccccc3)c2c1)c1nc(-c2ccc([N+](=O)[O-])cc2)cs1. The molecule has 0 bridgehead atoms. The molecule has 2 heterocycles. The Morgan fingerprint density at radius 1 is 1.06 bits per heavy atom. The van der Waals surface area contributed by atoms with Gasteiger partial charge in [0.05, 0.1) is 21.6 Å². The Hall–Kier alpha value is -4.61. The van der Waals surface area contributed by atoms with Gasteiger partial charge < -0.3 is 4.52 Å². The largest absolute Gasteiger partial charge is 0.355 e. The molecule has 0 saturated heterocycles. The average molecular weight is 450 g/mol. The van der Waals surface area contributed by atoms with Crippen molar-refractivity contribution in [1.82, 2.24) is 10.1 Å². The molecule has 0 aliphatic heterocycles. The summed E-state index contributed by atoms with van der Waals surface area (Å²) < 4.78 is 5.56. The Morgan fingerprint density at radius 2 is 1.85 bits per heavy atom. The van der Waals surface area contributed by atoms with E-state index >= 15 is 0 Å². The van der Waals surface area contributed by atoms with Crippen molar-refractivity contribution in [3.05, 3.63) is 98.9 Å². The molecule has 0 spiro atoms. The number of nitrogens with zero attached hydrogens (tertiary/aromatic N) is 4. The van der Waals surface area contributed by atoms with Gasteiger partial charge in [-0.1, -0.05) is 41.6 Å². The number of thiazole rings is 1. The number of benzene rings is 3. The van der Waals surface area contributed by atoms with Gasteiger partial charge in [-0.15, -0.1) is 11.3 Å². The van der Waals surface area contributed by atoms with Gasteiger partial charge >= 0.3 is 0 Å². The number of rotatable bonds is 5. The average Bonchev–Trinajstić information content (AvgIpc) is 3.50. The zero-order valence-corrected chi connectivity index (χ0v) is 17.8. The number of non-ortho nitro benzene ring substituents is 1. The molecule has 7 nitrogen and oxygen atoms in total. The quantitative estimate of drug-likeness (QED) is 0.170. The van der Waals surface area contributed by atoms with Crippen molar-refractivity contribution < 1.29 is 9.45 Å². The van der Waals surface area contributed by atoms with Crippen molar-refractivity contribution in [2.45, 2.75) is 0 Å². The van der Waals surface area contributed by atoms with Gasteiger partial charge in [0.25, 0.3) is 5.69 Å². The highest BCUT2D eigenvalue weighted by molar-refractivity contribution is 7.11. The molecule has 0 amide bonds. The molecule has 33 heavy (non-hydrogen) atoms. The van der Waals surface area contributed by atoms with Crippen molar-refractivity contribution in [3.8, 4) is 28.7 Å². The third kappa shape index (κ3) is 4.01. The summed E-state index contributed by atoms with van der Waals surface area (Å²) in [4.78, 5) is 15.0. The molecule has 0 N–H and O–H groups in total. The predicted molar refractivity (Wildman–Crippen MR) is 127 cm³/mol. The minimum absolute atomic E-state index is 0.0193. The van der Waals surface area contributed by atoms with Gasteiger partial charge in [0.1, 0.15) is 16.6 Å². The zero-order valence-electron chi connectivity index (χ0n) is 17.0. The molecule has 2 aromatic heterocycles. The molecular formula is C25H14N4O3S. The van der Waals surface area contributed by atoms with Crippen LogP contribution in [-0.4, -0.2) is 15.1 Å². The van der Waals surface area contributed by atoms with E-state index in [9.17, 15) is 15.4 Å². The second-order valence-corrected chi connectivity index (χ2v) is 8.02. The third-order valence-corrected chi connectivity index (χ3v) is 5.95. The summed E-state index contributed by atoms with van der Waals surface area (Å²) in [5, 5.41) is 28.0. The van der Waals surface area contributed by atoms with E-state index in [-0.39, 0.29) is 5.69 Å². The fraction of sp³-hybridized carbons (Fsp3) is 0. The molecule has 5 rings (SSSR count). The van der Waals surface area contributed by atoms with E-state index in [0.29, 0.717) is 22.0 Å². The Labute approximate surface area is 192 Å². The van der Waals surface area contributed by atoms with Crippen molar-refractivity contribution in [1.29, 1.82) is 5.26 Å². The molecule has 0 aliphatic carbocycles. The number of fused-ring (bicyclic) bond motifs is 1. The first-order chi connectivity index (χ1) is 16.1. The second kappa shape index (κ2) is 8.49. The Balaban J connectivity index is 1.48. The van der Waals surface area contributed by atoms with Crippen LogP contribution in [0.5, 0.6) is 0 Å². The number of hydrogen-bond acceptors (Lipinski definition) is 7. The van der Waals surface area contributed by atoms with E-state index in [1.807, 2.05) is 53.9 Å². The van der Waals surface area contributed by atoms with Crippen molar-refractivity contribution in [2.75, 3.05) is 0 Å². The molecule has 0 atom stereocenters. The summed E-state index contributed by atoms with van der Waals surface area (Å²) in [6.45, 7) is 0. The number of hydrogen-bond donors (Lipinski definition) is 0. The lowest BCUT2D eigenvalue weighted by Gasteiger charge is -1.99. The van der Waals surface area contributed by atoms with E-state index in [0.717, 1.165) is 27.6 Å². The maximum Gasteiger partial charge on any atom is 0.269 e. The van der Waals surface area contributed by atoms with Crippen molar-refractivity contribution in [2.24, 2.45) is 0 Å². The number of nitriles is 1. The van der Waals surface area contributed by atoms with Crippen LogP contribution in [0.15, 0.2) is 82.7 Å². The highest BCUT2D eigenvalue weighted by Crippen LogP contribution is 2.31. The topological polar surface area (TPSA) is 106 Å². The molecule has 0 unspecified atom stereocenters. The van der Waals surface area contributed by atoms with E-state index in [1.165, 1.54) is 23.5 Å². The lowest BCUT2D eigenvalue weighted by atomic mass is 10.0. The molecule has 5 aromatic rings. The summed E-state index contributed by atoms with van der Waals surface area (Å²) in [6.07, 6.45) is 1.78. The third-order valence-electron chi connectivity index (χ3n) is 5.08. The maximum absolute atomic E-state index is 10.9. The highest BCUT2D eigenvalue weighted by atomic mass is 32.1. The number of nitro groups is 1. The maximum atomic E-state index is 10.9. The van der Waals surface area contributed by atoms with Gasteiger partial charge in [-0.05, 0) is 35.9 Å². The molecule has 8 heteroatoms. The summed E-state index contributed by atoms with van der Waals surface area (Å²) in [6, 6.07) is 23.8. The molecule has 158 valence electrons.